The zero-order valence-electron chi connectivity index (χ0n) is 13.9. The average Bonchev–Trinajstić information content (AvgIpc) is 3.22. The number of methoxy groups -OCH3 is 1. The fourth-order valence-corrected chi connectivity index (χ4v) is 2.98. The van der Waals surface area contributed by atoms with Gasteiger partial charge in [0.1, 0.15) is 24.2 Å². The van der Waals surface area contributed by atoms with Crippen molar-refractivity contribution in [3.05, 3.63) is 40.3 Å². The normalized spacial score (nSPS) is 10.8. The van der Waals surface area contributed by atoms with Gasteiger partial charge in [0, 0.05) is 18.7 Å². The number of aromatic hydroxyl groups is 1. The quantitative estimate of drug-likeness (QED) is 0.375. The van der Waals surface area contributed by atoms with E-state index in [0.29, 0.717) is 34.7 Å². The molecule has 0 radical (unpaired) electrons. The molecule has 0 bridgehead atoms. The van der Waals surface area contributed by atoms with E-state index in [0.717, 1.165) is 0 Å². The van der Waals surface area contributed by atoms with Crippen LogP contribution in [0.25, 0.3) is 11.5 Å². The van der Waals surface area contributed by atoms with Crippen molar-refractivity contribution < 1.29 is 19.2 Å². The van der Waals surface area contributed by atoms with E-state index in [2.05, 4.69) is 15.2 Å². The van der Waals surface area contributed by atoms with Crippen molar-refractivity contribution in [3.8, 4) is 23.0 Å². The molecule has 0 fully saturated rings. The van der Waals surface area contributed by atoms with E-state index < -0.39 is 4.92 Å². The first-order valence-corrected chi connectivity index (χ1v) is 8.48. The fourth-order valence-electron chi connectivity index (χ4n) is 2.30. The molecule has 0 amide bonds. The Morgan fingerprint density at radius 1 is 1.42 bits per heavy atom. The van der Waals surface area contributed by atoms with E-state index >= 15 is 0 Å². The largest absolute Gasteiger partial charge is 0.507 e. The van der Waals surface area contributed by atoms with E-state index in [-0.39, 0.29) is 17.5 Å². The predicted molar refractivity (Wildman–Crippen MR) is 92.3 cm³/mol. The van der Waals surface area contributed by atoms with Crippen molar-refractivity contribution in [2.45, 2.75) is 18.7 Å². The molecule has 0 unspecified atom stereocenters. The lowest BCUT2D eigenvalue weighted by molar-refractivity contribution is -0.392. The molecular weight excluding hydrogens is 362 g/mol. The Balaban J connectivity index is 1.66. The second kappa shape index (κ2) is 7.44. The molecule has 10 nitrogen and oxygen atoms in total. The molecule has 0 spiro atoms. The van der Waals surface area contributed by atoms with Gasteiger partial charge in [0.05, 0.1) is 12.7 Å². The number of benzene rings is 1. The van der Waals surface area contributed by atoms with Crippen molar-refractivity contribution in [3.63, 3.8) is 0 Å². The molecule has 0 aliphatic carbocycles. The summed E-state index contributed by atoms with van der Waals surface area (Å²) in [5.74, 6) is 1.64. The summed E-state index contributed by atoms with van der Waals surface area (Å²) in [4.78, 5) is 14.5. The zero-order chi connectivity index (χ0) is 18.7. The van der Waals surface area contributed by atoms with Gasteiger partial charge >= 0.3 is 5.82 Å². The molecule has 0 saturated carbocycles. The maximum absolute atomic E-state index is 11.0. The summed E-state index contributed by atoms with van der Waals surface area (Å²) in [5.41, 5.74) is 0.395. The fraction of sp³-hybridized carbons (Fsp3) is 0.267. The molecule has 11 heteroatoms. The number of phenols is 1. The standard InChI is InChI=1S/C15H15N5O5S/c1-9-16-8-13(20(22)23)19(9)5-6-26-15-18-17-14(25-15)11-4-3-10(24-2)7-12(11)21/h3-4,7-8,21H,5-6H2,1-2H3. The highest BCUT2D eigenvalue weighted by atomic mass is 32.2. The van der Waals surface area contributed by atoms with Gasteiger partial charge in [0.2, 0.25) is 0 Å². The van der Waals surface area contributed by atoms with Crippen LogP contribution in [0.5, 0.6) is 11.5 Å². The van der Waals surface area contributed by atoms with E-state index in [1.165, 1.54) is 35.7 Å². The van der Waals surface area contributed by atoms with E-state index in [4.69, 9.17) is 9.15 Å². The minimum absolute atomic E-state index is 0.0331. The Morgan fingerprint density at radius 3 is 2.92 bits per heavy atom. The molecule has 1 N–H and O–H groups in total. The van der Waals surface area contributed by atoms with Gasteiger partial charge < -0.3 is 24.4 Å². The number of thioether (sulfide) groups is 1. The first kappa shape index (κ1) is 17.7. The highest BCUT2D eigenvalue weighted by Gasteiger charge is 2.18. The summed E-state index contributed by atoms with van der Waals surface area (Å²) in [6.45, 7) is 2.08. The first-order chi connectivity index (χ1) is 12.5. The van der Waals surface area contributed by atoms with Gasteiger partial charge in [0.25, 0.3) is 11.1 Å². The van der Waals surface area contributed by atoms with Gasteiger partial charge in [-0.25, -0.2) is 9.55 Å². The number of nitrogens with zero attached hydrogens (tertiary/aromatic N) is 5. The summed E-state index contributed by atoms with van der Waals surface area (Å²) >= 11 is 1.26. The van der Waals surface area contributed by atoms with Crippen LogP contribution in [0, 0.1) is 17.0 Å². The molecule has 0 aliphatic heterocycles. The van der Waals surface area contributed by atoms with Gasteiger partial charge in [-0.1, -0.05) is 11.8 Å². The number of aryl methyl sites for hydroxylation is 1. The molecule has 3 rings (SSSR count). The maximum Gasteiger partial charge on any atom is 0.342 e. The van der Waals surface area contributed by atoms with Crippen LogP contribution < -0.4 is 4.74 Å². The first-order valence-electron chi connectivity index (χ1n) is 7.49. The van der Waals surface area contributed by atoms with Crippen LogP contribution in [0.15, 0.2) is 34.0 Å². The minimum atomic E-state index is -0.470. The Bertz CT molecular complexity index is 938. The summed E-state index contributed by atoms with van der Waals surface area (Å²) < 4.78 is 12.1. The lowest BCUT2D eigenvalue weighted by Gasteiger charge is -2.03. The summed E-state index contributed by atoms with van der Waals surface area (Å²) in [6, 6.07) is 4.74. The highest BCUT2D eigenvalue weighted by Crippen LogP contribution is 2.32. The van der Waals surface area contributed by atoms with Crippen molar-refractivity contribution in [1.29, 1.82) is 0 Å². The zero-order valence-corrected chi connectivity index (χ0v) is 14.8. The lowest BCUT2D eigenvalue weighted by Crippen LogP contribution is -2.06. The van der Waals surface area contributed by atoms with Crippen molar-refractivity contribution in [1.82, 2.24) is 19.7 Å². The van der Waals surface area contributed by atoms with Crippen LogP contribution in [0.2, 0.25) is 0 Å². The molecule has 3 aromatic rings. The summed E-state index contributed by atoms with van der Waals surface area (Å²) in [6.07, 6.45) is 1.23. The molecule has 2 heterocycles. The second-order valence-corrected chi connectivity index (χ2v) is 6.22. The SMILES string of the molecule is COc1ccc(-c2nnc(SCCn3c([N+](=O)[O-])cnc3C)o2)c(O)c1. The Hall–Kier alpha value is -3.08. The maximum atomic E-state index is 11.0. The number of phenolic OH excluding ortho intramolecular Hbond substituents is 1. The van der Waals surface area contributed by atoms with Gasteiger partial charge in [-0.15, -0.1) is 10.2 Å². The van der Waals surface area contributed by atoms with Crippen molar-refractivity contribution in [2.24, 2.45) is 0 Å². The minimum Gasteiger partial charge on any atom is -0.507 e. The number of nitro groups is 1. The van der Waals surface area contributed by atoms with Crippen molar-refractivity contribution in [2.75, 3.05) is 12.9 Å². The topological polar surface area (TPSA) is 129 Å². The van der Waals surface area contributed by atoms with E-state index in [1.54, 1.807) is 19.1 Å². The molecule has 2 aromatic heterocycles. The number of rotatable bonds is 7. The van der Waals surface area contributed by atoms with Gasteiger partial charge in [-0.05, 0) is 17.1 Å². The number of hydrogen-bond donors (Lipinski definition) is 1. The van der Waals surface area contributed by atoms with Gasteiger partial charge in [-0.2, -0.15) is 0 Å². The molecule has 0 atom stereocenters. The molecule has 0 aliphatic rings. The Morgan fingerprint density at radius 2 is 2.23 bits per heavy atom. The monoisotopic (exact) mass is 377 g/mol. The van der Waals surface area contributed by atoms with Crippen molar-refractivity contribution >= 4 is 17.6 Å². The van der Waals surface area contributed by atoms with E-state index in [1.807, 2.05) is 0 Å². The second-order valence-electron chi connectivity index (χ2n) is 5.18. The third kappa shape index (κ3) is 3.61. The number of hydrogen-bond acceptors (Lipinski definition) is 9. The Kier molecular flexibility index (Phi) is 5.07. The highest BCUT2D eigenvalue weighted by molar-refractivity contribution is 7.99. The van der Waals surface area contributed by atoms with Crippen LogP contribution in [0.4, 0.5) is 5.82 Å². The smallest absolute Gasteiger partial charge is 0.342 e. The number of ether oxygens (including phenoxy) is 1. The van der Waals surface area contributed by atoms with Crippen LogP contribution in [0.1, 0.15) is 5.82 Å². The van der Waals surface area contributed by atoms with Crippen LogP contribution in [-0.2, 0) is 6.54 Å². The molecule has 136 valence electrons. The predicted octanol–water partition coefficient (Wildman–Crippen LogP) is 2.66. The number of aromatic nitrogens is 4. The molecule has 26 heavy (non-hydrogen) atoms. The summed E-state index contributed by atoms with van der Waals surface area (Å²) in [5, 5.41) is 29.1. The Labute approximate surface area is 152 Å². The molecular formula is C15H15N5O5S. The van der Waals surface area contributed by atoms with Crippen LogP contribution in [-0.4, -0.2) is 42.6 Å². The van der Waals surface area contributed by atoms with Crippen LogP contribution >= 0.6 is 11.8 Å². The third-order valence-electron chi connectivity index (χ3n) is 3.60. The van der Waals surface area contributed by atoms with E-state index in [9.17, 15) is 15.2 Å². The van der Waals surface area contributed by atoms with Crippen LogP contribution in [0.3, 0.4) is 0 Å². The van der Waals surface area contributed by atoms with Gasteiger partial charge in [0.15, 0.2) is 5.82 Å². The molecule has 0 saturated heterocycles. The summed E-state index contributed by atoms with van der Waals surface area (Å²) in [7, 11) is 1.50. The number of imidazole rings is 1. The average molecular weight is 377 g/mol. The van der Waals surface area contributed by atoms with Gasteiger partial charge in [-0.3, -0.25) is 0 Å². The third-order valence-corrected chi connectivity index (χ3v) is 4.40. The lowest BCUT2D eigenvalue weighted by atomic mass is 10.2. The molecule has 1 aromatic carbocycles.